The van der Waals surface area contributed by atoms with Crippen LogP contribution in [-0.4, -0.2) is 18.5 Å². The summed E-state index contributed by atoms with van der Waals surface area (Å²) in [5, 5.41) is 7.53. The van der Waals surface area contributed by atoms with E-state index in [0.29, 0.717) is 0 Å². The van der Waals surface area contributed by atoms with Gasteiger partial charge < -0.3 is 0 Å². The maximum absolute atomic E-state index is 11.4. The lowest BCUT2D eigenvalue weighted by Gasteiger charge is -1.95. The van der Waals surface area contributed by atoms with Gasteiger partial charge in [0, 0.05) is 12.4 Å². The van der Waals surface area contributed by atoms with Crippen molar-refractivity contribution in [2.24, 2.45) is 10.2 Å². The van der Waals surface area contributed by atoms with Crippen LogP contribution in [0.4, 0.5) is 4.79 Å². The number of urea groups is 1. The average molecular weight is 318 g/mol. The number of benzene rings is 2. The Morgan fingerprint density at radius 3 is 1.54 bits per heavy atom. The smallest absolute Gasteiger partial charge is 0.245 e. The van der Waals surface area contributed by atoms with Crippen LogP contribution in [0.5, 0.6) is 0 Å². The molecule has 0 aliphatic rings. The van der Waals surface area contributed by atoms with Gasteiger partial charge >= 0.3 is 6.03 Å². The monoisotopic (exact) mass is 318 g/mol. The van der Waals surface area contributed by atoms with E-state index in [2.05, 4.69) is 21.1 Å². The van der Waals surface area contributed by atoms with E-state index in [4.69, 9.17) is 0 Å². The molecule has 120 valence electrons. The van der Waals surface area contributed by atoms with Crippen molar-refractivity contribution in [3.8, 4) is 0 Å². The Morgan fingerprint density at radius 1 is 0.708 bits per heavy atom. The minimum atomic E-state index is -0.510. The number of hydrogen-bond acceptors (Lipinski definition) is 3. The largest absolute Gasteiger partial charge is 0.355 e. The van der Waals surface area contributed by atoms with E-state index in [-0.39, 0.29) is 0 Å². The molecule has 2 aromatic carbocycles. The first-order chi connectivity index (χ1) is 11.8. The third kappa shape index (κ3) is 7.00. The summed E-state index contributed by atoms with van der Waals surface area (Å²) >= 11 is 0. The molecule has 2 N–H and O–H groups in total. The average Bonchev–Trinajstić information content (AvgIpc) is 2.63. The van der Waals surface area contributed by atoms with Crippen LogP contribution in [0.3, 0.4) is 0 Å². The van der Waals surface area contributed by atoms with E-state index < -0.39 is 6.03 Å². The normalized spacial score (nSPS) is 11.7. The summed E-state index contributed by atoms with van der Waals surface area (Å²) in [6.45, 7) is 0. The predicted octanol–water partition coefficient (Wildman–Crippen LogP) is 3.68. The molecule has 0 saturated heterocycles. The molecule has 0 aliphatic heterocycles. The van der Waals surface area contributed by atoms with Gasteiger partial charge in [-0.25, -0.2) is 15.6 Å². The number of carbonyl (C=O) groups is 1. The van der Waals surface area contributed by atoms with Crippen molar-refractivity contribution in [1.29, 1.82) is 0 Å². The van der Waals surface area contributed by atoms with Crippen LogP contribution in [0.15, 0.2) is 83.0 Å². The second-order valence-electron chi connectivity index (χ2n) is 4.65. The van der Waals surface area contributed by atoms with Crippen LogP contribution in [-0.2, 0) is 0 Å². The van der Waals surface area contributed by atoms with Gasteiger partial charge in [0.1, 0.15) is 0 Å². The molecule has 0 unspecified atom stereocenters. The Labute approximate surface area is 141 Å². The van der Waals surface area contributed by atoms with Crippen LogP contribution in [0, 0.1) is 0 Å². The topological polar surface area (TPSA) is 65.8 Å². The molecule has 0 spiro atoms. The van der Waals surface area contributed by atoms with Gasteiger partial charge in [-0.05, 0) is 23.3 Å². The first kappa shape index (κ1) is 16.9. The number of nitrogens with zero attached hydrogens (tertiary/aromatic N) is 2. The minimum absolute atomic E-state index is 0.510. The van der Waals surface area contributed by atoms with E-state index in [0.717, 1.165) is 11.1 Å². The number of carbonyl (C=O) groups excluding carboxylic acids is 1. The number of nitrogens with one attached hydrogen (secondary N) is 2. The summed E-state index contributed by atoms with van der Waals surface area (Å²) in [5.41, 5.74) is 6.73. The molecule has 0 fully saturated rings. The lowest BCUT2D eigenvalue weighted by molar-refractivity contribution is 0.242. The lowest BCUT2D eigenvalue weighted by Crippen LogP contribution is -2.28. The molecule has 0 saturated carbocycles. The molecule has 0 aromatic heterocycles. The summed E-state index contributed by atoms with van der Waals surface area (Å²) in [7, 11) is 0. The Hall–Kier alpha value is -3.47. The van der Waals surface area contributed by atoms with Gasteiger partial charge in [0.2, 0.25) is 0 Å². The molecule has 5 nitrogen and oxygen atoms in total. The predicted molar refractivity (Wildman–Crippen MR) is 99.6 cm³/mol. The highest BCUT2D eigenvalue weighted by Gasteiger charge is 1.91. The van der Waals surface area contributed by atoms with Crippen LogP contribution >= 0.6 is 0 Å². The maximum atomic E-state index is 11.4. The minimum Gasteiger partial charge on any atom is -0.245 e. The SMILES string of the molecule is O=C(N/N=C\C=C\c1ccccc1)N/N=C\C=C\c1ccccc1. The van der Waals surface area contributed by atoms with Crippen LogP contribution in [0.1, 0.15) is 11.1 Å². The van der Waals surface area contributed by atoms with Crippen molar-refractivity contribution in [2.75, 3.05) is 0 Å². The molecular formula is C19H18N4O. The first-order valence-corrected chi connectivity index (χ1v) is 7.40. The molecule has 0 heterocycles. The number of allylic oxidation sites excluding steroid dienone is 2. The Kier molecular flexibility index (Phi) is 7.24. The molecule has 2 rings (SSSR count). The van der Waals surface area contributed by atoms with Gasteiger partial charge in [-0.1, -0.05) is 72.8 Å². The highest BCUT2D eigenvalue weighted by molar-refractivity contribution is 5.82. The van der Waals surface area contributed by atoms with E-state index >= 15 is 0 Å². The zero-order valence-corrected chi connectivity index (χ0v) is 13.0. The van der Waals surface area contributed by atoms with Gasteiger partial charge in [-0.3, -0.25) is 0 Å². The Morgan fingerprint density at radius 2 is 1.12 bits per heavy atom. The Bertz CT molecular complexity index is 671. The fourth-order valence-corrected chi connectivity index (χ4v) is 1.74. The van der Waals surface area contributed by atoms with Crippen molar-refractivity contribution in [3.63, 3.8) is 0 Å². The molecule has 0 radical (unpaired) electrons. The fourth-order valence-electron chi connectivity index (χ4n) is 1.74. The van der Waals surface area contributed by atoms with Crippen molar-refractivity contribution >= 4 is 30.6 Å². The zero-order valence-electron chi connectivity index (χ0n) is 13.0. The standard InChI is InChI=1S/C19H18N4O/c24-19(22-20-15-7-13-17-9-3-1-4-10-17)23-21-16-8-14-18-11-5-2-6-12-18/h1-16H,(H2,22,23,24)/b13-7+,14-8+,20-15-,21-16-. The second-order valence-corrected chi connectivity index (χ2v) is 4.65. The third-order valence-corrected chi connectivity index (χ3v) is 2.83. The van der Waals surface area contributed by atoms with Crippen LogP contribution < -0.4 is 10.9 Å². The van der Waals surface area contributed by atoms with Gasteiger partial charge in [-0.2, -0.15) is 10.2 Å². The third-order valence-electron chi connectivity index (χ3n) is 2.83. The maximum Gasteiger partial charge on any atom is 0.355 e. The van der Waals surface area contributed by atoms with Crippen molar-refractivity contribution in [1.82, 2.24) is 10.9 Å². The van der Waals surface area contributed by atoms with E-state index in [1.807, 2.05) is 72.8 Å². The molecule has 0 aliphatic carbocycles. The molecule has 24 heavy (non-hydrogen) atoms. The summed E-state index contributed by atoms with van der Waals surface area (Å²) in [5.74, 6) is 0. The van der Waals surface area contributed by atoms with E-state index in [9.17, 15) is 4.79 Å². The lowest BCUT2D eigenvalue weighted by atomic mass is 10.2. The first-order valence-electron chi connectivity index (χ1n) is 7.40. The molecule has 2 amide bonds. The Balaban J connectivity index is 1.66. The summed E-state index contributed by atoms with van der Waals surface area (Å²) < 4.78 is 0. The fraction of sp³-hybridized carbons (Fsp3) is 0. The van der Waals surface area contributed by atoms with Crippen LogP contribution in [0.2, 0.25) is 0 Å². The number of rotatable bonds is 6. The van der Waals surface area contributed by atoms with Crippen molar-refractivity contribution in [2.45, 2.75) is 0 Å². The highest BCUT2D eigenvalue weighted by atomic mass is 16.2. The molecule has 0 atom stereocenters. The molecular weight excluding hydrogens is 300 g/mol. The van der Waals surface area contributed by atoms with Crippen molar-refractivity contribution in [3.05, 3.63) is 83.9 Å². The quantitative estimate of drug-likeness (QED) is 0.619. The molecule has 0 bridgehead atoms. The zero-order chi connectivity index (χ0) is 16.9. The number of amides is 2. The highest BCUT2D eigenvalue weighted by Crippen LogP contribution is 2.00. The number of hydrogen-bond donors (Lipinski definition) is 2. The van der Waals surface area contributed by atoms with E-state index in [1.165, 1.54) is 12.4 Å². The second kappa shape index (κ2) is 10.3. The summed E-state index contributed by atoms with van der Waals surface area (Å²) in [4.78, 5) is 11.4. The van der Waals surface area contributed by atoms with Gasteiger partial charge in [-0.15, -0.1) is 0 Å². The number of hydrazone groups is 2. The van der Waals surface area contributed by atoms with Gasteiger partial charge in [0.05, 0.1) is 0 Å². The molecule has 2 aromatic rings. The summed E-state index contributed by atoms with van der Waals surface area (Å²) in [6, 6.07) is 19.1. The van der Waals surface area contributed by atoms with Gasteiger partial charge in [0.15, 0.2) is 0 Å². The summed E-state index contributed by atoms with van der Waals surface area (Å²) in [6.07, 6.45) is 10.2. The molecule has 5 heteroatoms. The van der Waals surface area contributed by atoms with Crippen LogP contribution in [0.25, 0.3) is 12.2 Å². The van der Waals surface area contributed by atoms with Gasteiger partial charge in [0.25, 0.3) is 0 Å². The van der Waals surface area contributed by atoms with Crippen molar-refractivity contribution < 1.29 is 4.79 Å². The van der Waals surface area contributed by atoms with E-state index in [1.54, 1.807) is 12.2 Å².